The monoisotopic (exact) mass is 285 g/mol. The van der Waals surface area contributed by atoms with Crippen LogP contribution in [-0.4, -0.2) is 39.6 Å². The smallest absolute Gasteiger partial charge is 0.151 e. The topological polar surface area (TPSA) is 55.4 Å². The van der Waals surface area contributed by atoms with Crippen molar-refractivity contribution in [2.24, 2.45) is 0 Å². The number of ether oxygens (including phenoxy) is 1. The summed E-state index contributed by atoms with van der Waals surface area (Å²) in [5.41, 5.74) is 1.13. The maximum Gasteiger partial charge on any atom is 0.151 e. The van der Waals surface area contributed by atoms with E-state index in [0.29, 0.717) is 0 Å². The first kappa shape index (κ1) is 16.0. The average Bonchev–Trinajstić information content (AvgIpc) is 2.38. The lowest BCUT2D eigenvalue weighted by atomic mass is 10.1. The van der Waals surface area contributed by atoms with Crippen molar-refractivity contribution < 1.29 is 13.2 Å². The minimum absolute atomic E-state index is 0.0281. The van der Waals surface area contributed by atoms with E-state index in [4.69, 9.17) is 4.74 Å². The highest BCUT2D eigenvalue weighted by atomic mass is 32.2. The van der Waals surface area contributed by atoms with Crippen LogP contribution in [0, 0.1) is 0 Å². The summed E-state index contributed by atoms with van der Waals surface area (Å²) in [6.45, 7) is 4.31. The second-order valence-electron chi connectivity index (χ2n) is 4.62. The molecule has 1 rings (SSSR count). The molecule has 0 aliphatic rings. The first-order chi connectivity index (χ1) is 8.98. The number of rotatable bonds is 8. The van der Waals surface area contributed by atoms with Gasteiger partial charge in [-0.1, -0.05) is 25.1 Å². The van der Waals surface area contributed by atoms with Crippen molar-refractivity contribution in [3.63, 3.8) is 0 Å². The van der Waals surface area contributed by atoms with Crippen LogP contribution in [0.25, 0.3) is 0 Å². The molecule has 1 aromatic carbocycles. The maximum absolute atomic E-state index is 11.5. The van der Waals surface area contributed by atoms with E-state index in [1.54, 1.807) is 14.0 Å². The molecule has 1 unspecified atom stereocenters. The molecule has 0 aromatic heterocycles. The van der Waals surface area contributed by atoms with Gasteiger partial charge < -0.3 is 10.1 Å². The van der Waals surface area contributed by atoms with Crippen LogP contribution in [0.4, 0.5) is 0 Å². The summed E-state index contributed by atoms with van der Waals surface area (Å²) >= 11 is 0. The van der Waals surface area contributed by atoms with Crippen LogP contribution in [0.1, 0.15) is 19.4 Å². The molecule has 5 heteroatoms. The van der Waals surface area contributed by atoms with Gasteiger partial charge in [0.2, 0.25) is 0 Å². The Labute approximate surface area is 116 Å². The van der Waals surface area contributed by atoms with Gasteiger partial charge >= 0.3 is 0 Å². The average molecular weight is 285 g/mol. The number of hydrogen-bond acceptors (Lipinski definition) is 4. The molecule has 108 valence electrons. The van der Waals surface area contributed by atoms with Gasteiger partial charge in [-0.3, -0.25) is 0 Å². The van der Waals surface area contributed by atoms with Gasteiger partial charge in [-0.15, -0.1) is 0 Å². The molecule has 1 aromatic rings. The Bertz CT molecular complexity index is 485. The van der Waals surface area contributed by atoms with Gasteiger partial charge in [0.25, 0.3) is 0 Å². The van der Waals surface area contributed by atoms with Crippen LogP contribution in [0.3, 0.4) is 0 Å². The number of nitrogens with one attached hydrogen (secondary N) is 1. The standard InChI is InChI=1S/C14H23NO3S/c1-4-19(16,17)11-12(2)15-10-9-13-7-5-6-8-14(13)18-3/h5-8,12,15H,4,9-11H2,1-3H3. The van der Waals surface area contributed by atoms with Gasteiger partial charge in [-0.05, 0) is 31.5 Å². The van der Waals surface area contributed by atoms with Crippen LogP contribution in [0.5, 0.6) is 5.75 Å². The van der Waals surface area contributed by atoms with Gasteiger partial charge in [0.1, 0.15) is 5.75 Å². The van der Waals surface area contributed by atoms with E-state index in [1.807, 2.05) is 31.2 Å². The Kier molecular flexibility index (Phi) is 6.31. The van der Waals surface area contributed by atoms with Crippen molar-refractivity contribution >= 4 is 9.84 Å². The van der Waals surface area contributed by atoms with E-state index in [-0.39, 0.29) is 17.5 Å². The summed E-state index contributed by atoms with van der Waals surface area (Å²) in [7, 11) is -1.26. The molecule has 0 aliphatic carbocycles. The van der Waals surface area contributed by atoms with Crippen LogP contribution in [-0.2, 0) is 16.3 Å². The predicted octanol–water partition coefficient (Wildman–Crippen LogP) is 1.65. The summed E-state index contributed by atoms with van der Waals surface area (Å²) in [6, 6.07) is 7.84. The quantitative estimate of drug-likeness (QED) is 0.789. The highest BCUT2D eigenvalue weighted by molar-refractivity contribution is 7.91. The van der Waals surface area contributed by atoms with Gasteiger partial charge in [0, 0.05) is 11.8 Å². The molecule has 0 aliphatic heterocycles. The minimum atomic E-state index is -2.91. The molecular weight excluding hydrogens is 262 g/mol. The Morgan fingerprint density at radius 1 is 1.32 bits per heavy atom. The molecule has 1 atom stereocenters. The van der Waals surface area contributed by atoms with Gasteiger partial charge in [-0.25, -0.2) is 8.42 Å². The fraction of sp³-hybridized carbons (Fsp3) is 0.571. The summed E-state index contributed by atoms with van der Waals surface area (Å²) in [5.74, 6) is 1.26. The lowest BCUT2D eigenvalue weighted by molar-refractivity contribution is 0.408. The molecular formula is C14H23NO3S. The van der Waals surface area contributed by atoms with E-state index < -0.39 is 9.84 Å². The van der Waals surface area contributed by atoms with Gasteiger partial charge in [0.15, 0.2) is 9.84 Å². The first-order valence-corrected chi connectivity index (χ1v) is 8.36. The molecule has 0 fully saturated rings. The third kappa shape index (κ3) is 5.61. The largest absolute Gasteiger partial charge is 0.496 e. The lowest BCUT2D eigenvalue weighted by Crippen LogP contribution is -2.34. The SMILES string of the molecule is CCS(=O)(=O)CC(C)NCCc1ccccc1OC. The van der Waals surface area contributed by atoms with Crippen molar-refractivity contribution in [1.82, 2.24) is 5.32 Å². The molecule has 0 saturated heterocycles. The number of benzene rings is 1. The maximum atomic E-state index is 11.5. The molecule has 19 heavy (non-hydrogen) atoms. The Hall–Kier alpha value is -1.07. The summed E-state index contributed by atoms with van der Waals surface area (Å²) in [4.78, 5) is 0. The number of para-hydroxylation sites is 1. The second-order valence-corrected chi connectivity index (χ2v) is 7.01. The zero-order chi connectivity index (χ0) is 14.3. The molecule has 0 saturated carbocycles. The molecule has 0 radical (unpaired) electrons. The lowest BCUT2D eigenvalue weighted by Gasteiger charge is -2.14. The molecule has 0 amide bonds. The number of sulfone groups is 1. The number of methoxy groups -OCH3 is 1. The predicted molar refractivity (Wildman–Crippen MR) is 78.5 cm³/mol. The highest BCUT2D eigenvalue weighted by Gasteiger charge is 2.13. The summed E-state index contributed by atoms with van der Waals surface area (Å²) < 4.78 is 28.2. The fourth-order valence-corrected chi connectivity index (χ4v) is 3.04. The third-order valence-corrected chi connectivity index (χ3v) is 4.91. The van der Waals surface area contributed by atoms with E-state index in [9.17, 15) is 8.42 Å². The van der Waals surface area contributed by atoms with E-state index in [2.05, 4.69) is 5.32 Å². The molecule has 0 bridgehead atoms. The third-order valence-electron chi connectivity index (χ3n) is 3.02. The van der Waals surface area contributed by atoms with Crippen LogP contribution >= 0.6 is 0 Å². The van der Waals surface area contributed by atoms with Crippen molar-refractivity contribution in [2.45, 2.75) is 26.3 Å². The Balaban J connectivity index is 2.42. The minimum Gasteiger partial charge on any atom is -0.496 e. The zero-order valence-electron chi connectivity index (χ0n) is 11.8. The first-order valence-electron chi connectivity index (χ1n) is 6.54. The normalized spacial score (nSPS) is 13.2. The van der Waals surface area contributed by atoms with Crippen molar-refractivity contribution in [2.75, 3.05) is 25.2 Å². The Morgan fingerprint density at radius 3 is 2.63 bits per heavy atom. The summed E-state index contributed by atoms with van der Waals surface area (Å²) in [5, 5.41) is 3.24. The second kappa shape index (κ2) is 7.50. The van der Waals surface area contributed by atoms with Crippen LogP contribution < -0.4 is 10.1 Å². The van der Waals surface area contributed by atoms with Crippen molar-refractivity contribution in [1.29, 1.82) is 0 Å². The van der Waals surface area contributed by atoms with E-state index in [1.165, 1.54) is 0 Å². The molecule has 0 heterocycles. The van der Waals surface area contributed by atoms with Crippen molar-refractivity contribution in [3.8, 4) is 5.75 Å². The number of hydrogen-bond donors (Lipinski definition) is 1. The van der Waals surface area contributed by atoms with E-state index >= 15 is 0 Å². The van der Waals surface area contributed by atoms with Crippen molar-refractivity contribution in [3.05, 3.63) is 29.8 Å². The van der Waals surface area contributed by atoms with Crippen LogP contribution in [0.15, 0.2) is 24.3 Å². The van der Waals surface area contributed by atoms with Crippen LogP contribution in [0.2, 0.25) is 0 Å². The van der Waals surface area contributed by atoms with E-state index in [0.717, 1.165) is 24.3 Å². The molecule has 4 nitrogen and oxygen atoms in total. The molecule has 1 N–H and O–H groups in total. The highest BCUT2D eigenvalue weighted by Crippen LogP contribution is 2.17. The molecule has 0 spiro atoms. The Morgan fingerprint density at radius 2 is 2.00 bits per heavy atom. The van der Waals surface area contributed by atoms with Gasteiger partial charge in [-0.2, -0.15) is 0 Å². The fourth-order valence-electron chi connectivity index (χ4n) is 1.92. The van der Waals surface area contributed by atoms with Gasteiger partial charge in [0.05, 0.1) is 12.9 Å². The zero-order valence-corrected chi connectivity index (χ0v) is 12.7. The summed E-state index contributed by atoms with van der Waals surface area (Å²) in [6.07, 6.45) is 0.820.